The normalized spacial score (nSPS) is 23.2. The van der Waals surface area contributed by atoms with Crippen molar-refractivity contribution in [2.75, 3.05) is 24.5 Å². The Balaban J connectivity index is 1.76. The molecular weight excluding hydrogens is 207 g/mol. The van der Waals surface area contributed by atoms with Crippen molar-refractivity contribution in [3.8, 4) is 0 Å². The first kappa shape index (κ1) is 9.96. The molecule has 1 saturated heterocycles. The second-order valence-electron chi connectivity index (χ2n) is 4.68. The van der Waals surface area contributed by atoms with Gasteiger partial charge >= 0.3 is 0 Å². The molecule has 5 heteroatoms. The van der Waals surface area contributed by atoms with Gasteiger partial charge in [0.15, 0.2) is 5.82 Å². The largest absolute Gasteiger partial charge is 0.338 e. The van der Waals surface area contributed by atoms with Crippen LogP contribution in [0.1, 0.15) is 19.3 Å². The Labute approximate surface area is 93.9 Å². The van der Waals surface area contributed by atoms with Gasteiger partial charge in [0, 0.05) is 25.2 Å². The van der Waals surface area contributed by atoms with Crippen molar-refractivity contribution in [1.82, 2.24) is 15.3 Å². The highest BCUT2D eigenvalue weighted by molar-refractivity contribution is 5.32. The van der Waals surface area contributed by atoms with Gasteiger partial charge in [-0.05, 0) is 19.3 Å². The molecule has 2 aliphatic rings. The zero-order valence-corrected chi connectivity index (χ0v) is 9.12. The van der Waals surface area contributed by atoms with E-state index < -0.39 is 0 Å². The lowest BCUT2D eigenvalue weighted by Crippen LogP contribution is -2.64. The van der Waals surface area contributed by atoms with Crippen LogP contribution >= 0.6 is 0 Å². The van der Waals surface area contributed by atoms with Crippen molar-refractivity contribution in [3.63, 3.8) is 0 Å². The van der Waals surface area contributed by atoms with Gasteiger partial charge in [0.25, 0.3) is 0 Å². The summed E-state index contributed by atoms with van der Waals surface area (Å²) in [6, 6.07) is 0. The molecule has 1 aliphatic carbocycles. The molecule has 1 saturated carbocycles. The van der Waals surface area contributed by atoms with Crippen molar-refractivity contribution in [2.24, 2.45) is 0 Å². The van der Waals surface area contributed by atoms with Gasteiger partial charge in [-0.15, -0.1) is 0 Å². The predicted octanol–water partition coefficient (Wildman–Crippen LogP) is 0.948. The number of hydrogen-bond acceptors (Lipinski definition) is 4. The van der Waals surface area contributed by atoms with E-state index in [1.54, 1.807) is 0 Å². The molecule has 1 aliphatic heterocycles. The average molecular weight is 222 g/mol. The SMILES string of the molecule is Fc1cnc(N2CCNC3(CCC3)C2)nc1. The molecule has 0 amide bonds. The summed E-state index contributed by atoms with van der Waals surface area (Å²) in [5, 5.41) is 3.57. The Hall–Kier alpha value is -1.23. The molecule has 0 radical (unpaired) electrons. The molecule has 2 fully saturated rings. The first-order valence-corrected chi connectivity index (χ1v) is 5.75. The minimum absolute atomic E-state index is 0.274. The second-order valence-corrected chi connectivity index (χ2v) is 4.68. The third-order valence-corrected chi connectivity index (χ3v) is 3.58. The lowest BCUT2D eigenvalue weighted by atomic mass is 9.75. The minimum atomic E-state index is -0.378. The zero-order chi connectivity index (χ0) is 11.0. The van der Waals surface area contributed by atoms with Crippen molar-refractivity contribution < 1.29 is 4.39 Å². The summed E-state index contributed by atoms with van der Waals surface area (Å²) in [6.45, 7) is 2.80. The van der Waals surface area contributed by atoms with Gasteiger partial charge in [-0.2, -0.15) is 0 Å². The van der Waals surface area contributed by atoms with Gasteiger partial charge in [-0.25, -0.2) is 14.4 Å². The van der Waals surface area contributed by atoms with E-state index in [0.29, 0.717) is 5.95 Å². The smallest absolute Gasteiger partial charge is 0.225 e. The van der Waals surface area contributed by atoms with Crippen molar-refractivity contribution in [2.45, 2.75) is 24.8 Å². The lowest BCUT2D eigenvalue weighted by molar-refractivity contribution is 0.172. The fraction of sp³-hybridized carbons (Fsp3) is 0.636. The highest BCUT2D eigenvalue weighted by atomic mass is 19.1. The molecule has 2 heterocycles. The maximum atomic E-state index is 12.7. The number of halogens is 1. The first-order chi connectivity index (χ1) is 7.77. The molecule has 86 valence electrons. The second kappa shape index (κ2) is 3.66. The molecule has 0 atom stereocenters. The number of nitrogens with one attached hydrogen (secondary N) is 1. The minimum Gasteiger partial charge on any atom is -0.338 e. The number of piperazine rings is 1. The number of nitrogens with zero attached hydrogens (tertiary/aromatic N) is 3. The van der Waals surface area contributed by atoms with Crippen LogP contribution in [0.5, 0.6) is 0 Å². The standard InChI is InChI=1S/C11H15FN4/c12-9-6-13-10(14-7-9)16-5-4-15-11(8-16)2-1-3-11/h6-7,15H,1-5,8H2. The topological polar surface area (TPSA) is 41.1 Å². The predicted molar refractivity (Wildman–Crippen MR) is 58.8 cm³/mol. The third kappa shape index (κ3) is 1.65. The maximum Gasteiger partial charge on any atom is 0.225 e. The number of hydrogen-bond donors (Lipinski definition) is 1. The van der Waals surface area contributed by atoms with Crippen molar-refractivity contribution in [3.05, 3.63) is 18.2 Å². The number of anilines is 1. The third-order valence-electron chi connectivity index (χ3n) is 3.58. The van der Waals surface area contributed by atoms with E-state index in [1.807, 2.05) is 0 Å². The van der Waals surface area contributed by atoms with Crippen molar-refractivity contribution in [1.29, 1.82) is 0 Å². The fourth-order valence-corrected chi connectivity index (χ4v) is 2.53. The van der Waals surface area contributed by atoms with Crippen molar-refractivity contribution >= 4 is 5.95 Å². The van der Waals surface area contributed by atoms with E-state index >= 15 is 0 Å². The number of rotatable bonds is 1. The highest BCUT2D eigenvalue weighted by Gasteiger charge is 2.40. The summed E-state index contributed by atoms with van der Waals surface area (Å²) in [6.07, 6.45) is 6.22. The van der Waals surface area contributed by atoms with Gasteiger partial charge in [-0.3, -0.25) is 0 Å². The monoisotopic (exact) mass is 222 g/mol. The Kier molecular flexibility index (Phi) is 2.28. The van der Waals surface area contributed by atoms with E-state index in [1.165, 1.54) is 31.7 Å². The van der Waals surface area contributed by atoms with E-state index in [0.717, 1.165) is 19.6 Å². The molecule has 3 rings (SSSR count). The maximum absolute atomic E-state index is 12.7. The fourth-order valence-electron chi connectivity index (χ4n) is 2.53. The zero-order valence-electron chi connectivity index (χ0n) is 9.12. The van der Waals surface area contributed by atoms with Crippen LogP contribution in [0.4, 0.5) is 10.3 Å². The molecule has 1 N–H and O–H groups in total. The van der Waals surface area contributed by atoms with Crippen LogP contribution in [0.25, 0.3) is 0 Å². The Bertz CT molecular complexity index is 374. The molecular formula is C11H15FN4. The summed E-state index contributed by atoms with van der Waals surface area (Å²) in [5.74, 6) is 0.270. The molecule has 1 aromatic rings. The van der Waals surface area contributed by atoms with Gasteiger partial charge in [0.2, 0.25) is 5.95 Å². The molecule has 1 spiro atoms. The Morgan fingerprint density at radius 3 is 2.69 bits per heavy atom. The van der Waals surface area contributed by atoms with E-state index in [4.69, 9.17) is 0 Å². The van der Waals surface area contributed by atoms with Crippen LogP contribution in [-0.2, 0) is 0 Å². The van der Waals surface area contributed by atoms with E-state index in [2.05, 4.69) is 20.2 Å². The van der Waals surface area contributed by atoms with Gasteiger partial charge in [0.1, 0.15) is 0 Å². The molecule has 0 aromatic carbocycles. The average Bonchev–Trinajstić information content (AvgIpc) is 2.28. The molecule has 0 bridgehead atoms. The van der Waals surface area contributed by atoms with Crippen LogP contribution in [0, 0.1) is 5.82 Å². The Morgan fingerprint density at radius 1 is 1.31 bits per heavy atom. The first-order valence-electron chi connectivity index (χ1n) is 5.75. The van der Waals surface area contributed by atoms with Crippen LogP contribution in [0.3, 0.4) is 0 Å². The highest BCUT2D eigenvalue weighted by Crippen LogP contribution is 2.34. The van der Waals surface area contributed by atoms with Gasteiger partial charge in [0.05, 0.1) is 12.4 Å². The summed E-state index contributed by atoms with van der Waals surface area (Å²) in [7, 11) is 0. The van der Waals surface area contributed by atoms with Crippen LogP contribution < -0.4 is 10.2 Å². The van der Waals surface area contributed by atoms with Crippen LogP contribution in [0.2, 0.25) is 0 Å². The summed E-state index contributed by atoms with van der Waals surface area (Å²) < 4.78 is 12.7. The lowest BCUT2D eigenvalue weighted by Gasteiger charge is -2.49. The van der Waals surface area contributed by atoms with Crippen LogP contribution in [-0.4, -0.2) is 35.1 Å². The number of aromatic nitrogens is 2. The summed E-state index contributed by atoms with van der Waals surface area (Å²) >= 11 is 0. The van der Waals surface area contributed by atoms with Gasteiger partial charge < -0.3 is 10.2 Å². The van der Waals surface area contributed by atoms with E-state index in [9.17, 15) is 4.39 Å². The molecule has 0 unspecified atom stereocenters. The molecule has 1 aromatic heterocycles. The summed E-state index contributed by atoms with van der Waals surface area (Å²) in [5.41, 5.74) is 0.274. The van der Waals surface area contributed by atoms with E-state index in [-0.39, 0.29) is 11.4 Å². The van der Waals surface area contributed by atoms with Gasteiger partial charge in [-0.1, -0.05) is 0 Å². The van der Waals surface area contributed by atoms with Crippen LogP contribution in [0.15, 0.2) is 12.4 Å². The quantitative estimate of drug-likeness (QED) is 0.768. The molecule has 16 heavy (non-hydrogen) atoms. The Morgan fingerprint density at radius 2 is 2.06 bits per heavy atom. The summed E-state index contributed by atoms with van der Waals surface area (Å²) in [4.78, 5) is 10.2. The molecule has 4 nitrogen and oxygen atoms in total.